The molecule has 2 rings (SSSR count). The maximum absolute atomic E-state index is 11.8. The van der Waals surface area contributed by atoms with E-state index < -0.39 is 0 Å². The van der Waals surface area contributed by atoms with Crippen LogP contribution in [0.3, 0.4) is 0 Å². The molecule has 0 bridgehead atoms. The highest BCUT2D eigenvalue weighted by atomic mass is 79.9. The van der Waals surface area contributed by atoms with Crippen LogP contribution in [0.25, 0.3) is 0 Å². The average molecular weight is 273 g/mol. The summed E-state index contributed by atoms with van der Waals surface area (Å²) in [5, 5.41) is 0. The van der Waals surface area contributed by atoms with Crippen molar-refractivity contribution in [1.29, 1.82) is 0 Å². The Balaban J connectivity index is 1.93. The topological polar surface area (TPSA) is 17.1 Å². The zero-order chi connectivity index (χ0) is 10.1. The van der Waals surface area contributed by atoms with Crippen LogP contribution in [0.4, 0.5) is 0 Å². The van der Waals surface area contributed by atoms with Gasteiger partial charge in [0.05, 0.1) is 3.79 Å². The van der Waals surface area contributed by atoms with E-state index in [0.29, 0.717) is 18.1 Å². The third kappa shape index (κ3) is 2.45. The van der Waals surface area contributed by atoms with Crippen molar-refractivity contribution >= 4 is 33.0 Å². The average Bonchev–Trinajstić information content (AvgIpc) is 2.91. The van der Waals surface area contributed by atoms with Gasteiger partial charge in [0.1, 0.15) is 5.78 Å². The minimum absolute atomic E-state index is 0.274. The van der Waals surface area contributed by atoms with Gasteiger partial charge in [0, 0.05) is 17.2 Å². The third-order valence-electron chi connectivity index (χ3n) is 2.81. The molecule has 0 radical (unpaired) electrons. The van der Waals surface area contributed by atoms with Gasteiger partial charge in [0.15, 0.2) is 0 Å². The normalized spacial score (nSPS) is 18.1. The molecule has 0 aromatic carbocycles. The van der Waals surface area contributed by atoms with E-state index in [0.717, 1.165) is 3.79 Å². The molecular weight excluding hydrogens is 260 g/mol. The van der Waals surface area contributed by atoms with Crippen LogP contribution in [0.15, 0.2) is 15.9 Å². The van der Waals surface area contributed by atoms with Crippen molar-refractivity contribution in [2.45, 2.75) is 26.2 Å². The quantitative estimate of drug-likeness (QED) is 0.818. The Morgan fingerprint density at radius 1 is 1.64 bits per heavy atom. The first-order valence-corrected chi connectivity index (χ1v) is 6.54. The van der Waals surface area contributed by atoms with Gasteiger partial charge in [-0.25, -0.2) is 0 Å². The van der Waals surface area contributed by atoms with Crippen LogP contribution in [0.5, 0.6) is 0 Å². The molecule has 1 aromatic heterocycles. The molecule has 1 unspecified atom stereocenters. The molecule has 1 atom stereocenters. The molecule has 0 saturated heterocycles. The number of ketones is 1. The van der Waals surface area contributed by atoms with Crippen LogP contribution in [0.2, 0.25) is 0 Å². The Morgan fingerprint density at radius 2 is 2.36 bits per heavy atom. The number of rotatable bonds is 4. The first-order chi connectivity index (χ1) is 6.66. The predicted octanol–water partition coefficient (Wildman–Crippen LogP) is 3.67. The largest absolute Gasteiger partial charge is 0.299 e. The lowest BCUT2D eigenvalue weighted by Gasteiger charge is -2.06. The third-order valence-corrected chi connectivity index (χ3v) is 4.44. The van der Waals surface area contributed by atoms with Gasteiger partial charge in [-0.3, -0.25) is 4.79 Å². The highest BCUT2D eigenvalue weighted by molar-refractivity contribution is 9.11. The summed E-state index contributed by atoms with van der Waals surface area (Å²) in [6.07, 6.45) is 3.12. The van der Waals surface area contributed by atoms with E-state index in [1.807, 2.05) is 12.1 Å². The number of hydrogen-bond donors (Lipinski definition) is 0. The molecule has 0 N–H and O–H groups in total. The first-order valence-electron chi connectivity index (χ1n) is 4.94. The summed E-state index contributed by atoms with van der Waals surface area (Å²) in [5.74, 6) is 1.36. The maximum atomic E-state index is 11.8. The minimum atomic E-state index is 0.274. The fourth-order valence-corrected chi connectivity index (χ4v) is 3.13. The number of halogens is 1. The van der Waals surface area contributed by atoms with Gasteiger partial charge in [-0.15, -0.1) is 11.3 Å². The number of thiophene rings is 1. The second-order valence-corrected chi connectivity index (χ2v) is 6.52. The monoisotopic (exact) mass is 272 g/mol. The second-order valence-electron chi connectivity index (χ2n) is 3.98. The van der Waals surface area contributed by atoms with Gasteiger partial charge in [-0.2, -0.15) is 0 Å². The van der Waals surface area contributed by atoms with E-state index in [4.69, 9.17) is 0 Å². The van der Waals surface area contributed by atoms with Crippen LogP contribution >= 0.6 is 27.3 Å². The summed E-state index contributed by atoms with van der Waals surface area (Å²) in [6, 6.07) is 4.04. The highest BCUT2D eigenvalue weighted by Gasteiger charge is 2.32. The molecular formula is C11H13BrOS. The van der Waals surface area contributed by atoms with Crippen molar-refractivity contribution in [3.63, 3.8) is 0 Å². The van der Waals surface area contributed by atoms with E-state index in [9.17, 15) is 4.79 Å². The van der Waals surface area contributed by atoms with Gasteiger partial charge >= 0.3 is 0 Å². The lowest BCUT2D eigenvalue weighted by molar-refractivity contribution is -0.122. The van der Waals surface area contributed by atoms with E-state index >= 15 is 0 Å². The molecule has 1 heterocycles. The summed E-state index contributed by atoms with van der Waals surface area (Å²) in [7, 11) is 0. The van der Waals surface area contributed by atoms with Crippen molar-refractivity contribution in [2.75, 3.05) is 0 Å². The highest BCUT2D eigenvalue weighted by Crippen LogP contribution is 2.37. The van der Waals surface area contributed by atoms with Gasteiger partial charge in [0.2, 0.25) is 0 Å². The van der Waals surface area contributed by atoms with Crippen LogP contribution in [-0.2, 0) is 11.2 Å². The zero-order valence-corrected chi connectivity index (χ0v) is 10.5. The molecule has 0 spiro atoms. The number of carbonyl (C=O) groups is 1. The molecule has 1 saturated carbocycles. The Hall–Kier alpha value is -0.150. The Kier molecular flexibility index (Phi) is 3.07. The Bertz CT molecular complexity index is 341. The molecule has 1 aromatic rings. The van der Waals surface area contributed by atoms with E-state index in [1.54, 1.807) is 11.3 Å². The van der Waals surface area contributed by atoms with Crippen LogP contribution in [0.1, 0.15) is 24.6 Å². The van der Waals surface area contributed by atoms with Gasteiger partial charge in [-0.1, -0.05) is 6.92 Å². The van der Waals surface area contributed by atoms with Crippen molar-refractivity contribution in [1.82, 2.24) is 0 Å². The van der Waals surface area contributed by atoms with Gasteiger partial charge < -0.3 is 0 Å². The van der Waals surface area contributed by atoms with E-state index in [1.165, 1.54) is 17.7 Å². The number of hydrogen-bond acceptors (Lipinski definition) is 2. The summed E-state index contributed by atoms with van der Waals surface area (Å²) >= 11 is 5.07. The summed E-state index contributed by atoms with van der Waals surface area (Å²) in [5.41, 5.74) is 0. The van der Waals surface area contributed by atoms with Gasteiger partial charge in [-0.05, 0) is 46.8 Å². The van der Waals surface area contributed by atoms with Gasteiger partial charge in [0.25, 0.3) is 0 Å². The number of carbonyl (C=O) groups excluding carboxylic acids is 1. The van der Waals surface area contributed by atoms with E-state index in [-0.39, 0.29) is 5.92 Å². The molecule has 76 valence electrons. The van der Waals surface area contributed by atoms with Crippen molar-refractivity contribution < 1.29 is 4.79 Å². The lowest BCUT2D eigenvalue weighted by atomic mass is 9.98. The van der Waals surface area contributed by atoms with Crippen molar-refractivity contribution in [3.05, 3.63) is 20.8 Å². The maximum Gasteiger partial charge on any atom is 0.141 e. The smallest absolute Gasteiger partial charge is 0.141 e. The first kappa shape index (κ1) is 10.4. The van der Waals surface area contributed by atoms with Crippen molar-refractivity contribution in [3.8, 4) is 0 Å². The van der Waals surface area contributed by atoms with Crippen molar-refractivity contribution in [2.24, 2.45) is 11.8 Å². The molecule has 3 heteroatoms. The minimum Gasteiger partial charge on any atom is -0.299 e. The fourth-order valence-electron chi connectivity index (χ4n) is 1.64. The van der Waals surface area contributed by atoms with Crippen LogP contribution < -0.4 is 0 Å². The summed E-state index contributed by atoms with van der Waals surface area (Å²) in [4.78, 5) is 13.0. The second kappa shape index (κ2) is 4.15. The molecule has 1 aliphatic carbocycles. The summed E-state index contributed by atoms with van der Waals surface area (Å²) < 4.78 is 1.11. The summed E-state index contributed by atoms with van der Waals surface area (Å²) in [6.45, 7) is 2.07. The molecule has 0 aliphatic heterocycles. The molecule has 1 nitrogen and oxygen atoms in total. The standard InChI is InChI=1S/C11H13BrOS/c1-7(8-2-3-8)10(13)6-9-4-5-11(12)14-9/h4-5,7-8H,2-3,6H2,1H3. The Morgan fingerprint density at radius 3 is 2.86 bits per heavy atom. The Labute approximate surface area is 96.6 Å². The molecule has 14 heavy (non-hydrogen) atoms. The zero-order valence-electron chi connectivity index (χ0n) is 8.13. The molecule has 1 fully saturated rings. The SMILES string of the molecule is CC(C(=O)Cc1ccc(Br)s1)C1CC1. The van der Waals surface area contributed by atoms with Crippen LogP contribution in [-0.4, -0.2) is 5.78 Å². The van der Waals surface area contributed by atoms with E-state index in [2.05, 4.69) is 22.9 Å². The molecule has 0 amide bonds. The molecule has 1 aliphatic rings. The number of Topliss-reactive ketones (excluding diaryl/α,β-unsaturated/α-hetero) is 1. The fraction of sp³-hybridized carbons (Fsp3) is 0.545. The lowest BCUT2D eigenvalue weighted by Crippen LogP contribution is -2.14. The predicted molar refractivity (Wildman–Crippen MR) is 62.6 cm³/mol. The van der Waals surface area contributed by atoms with Crippen LogP contribution in [0, 0.1) is 11.8 Å².